The lowest BCUT2D eigenvalue weighted by Gasteiger charge is -2.30. The molecule has 106 valence electrons. The van der Waals surface area contributed by atoms with Gasteiger partial charge in [0, 0.05) is 18.6 Å². The van der Waals surface area contributed by atoms with Gasteiger partial charge in [-0.2, -0.15) is 0 Å². The third-order valence-electron chi connectivity index (χ3n) is 4.57. The largest absolute Gasteiger partial charge is 0.327 e. The van der Waals surface area contributed by atoms with E-state index in [-0.39, 0.29) is 6.04 Å². The molecule has 2 rings (SSSR count). The molecular formula is C13H26N2O2S. The topological polar surface area (TPSA) is 63.4 Å². The van der Waals surface area contributed by atoms with Gasteiger partial charge in [0.1, 0.15) is 0 Å². The SMILES string of the molecule is CN(CC1CCCCCC1N)C1CCS(=O)(=O)C1. The summed E-state index contributed by atoms with van der Waals surface area (Å²) in [5.74, 6) is 1.24. The van der Waals surface area contributed by atoms with Crippen molar-refractivity contribution in [3.8, 4) is 0 Å². The molecule has 1 saturated carbocycles. The maximum absolute atomic E-state index is 11.5. The monoisotopic (exact) mass is 274 g/mol. The van der Waals surface area contributed by atoms with Crippen molar-refractivity contribution < 1.29 is 8.42 Å². The average Bonchev–Trinajstić information content (AvgIpc) is 2.55. The van der Waals surface area contributed by atoms with Crippen LogP contribution in [0.3, 0.4) is 0 Å². The Morgan fingerprint density at radius 2 is 1.89 bits per heavy atom. The fraction of sp³-hybridized carbons (Fsp3) is 1.00. The Morgan fingerprint density at radius 3 is 2.56 bits per heavy atom. The van der Waals surface area contributed by atoms with E-state index < -0.39 is 9.84 Å². The Bertz CT molecular complexity index is 369. The summed E-state index contributed by atoms with van der Waals surface area (Å²) in [6.45, 7) is 0.960. The van der Waals surface area contributed by atoms with Crippen LogP contribution in [-0.2, 0) is 9.84 Å². The van der Waals surface area contributed by atoms with E-state index in [1.807, 2.05) is 0 Å². The number of nitrogens with zero attached hydrogens (tertiary/aromatic N) is 1. The Labute approximate surface area is 111 Å². The fourth-order valence-electron chi connectivity index (χ4n) is 3.28. The highest BCUT2D eigenvalue weighted by atomic mass is 32.2. The van der Waals surface area contributed by atoms with Crippen molar-refractivity contribution in [2.45, 2.75) is 50.6 Å². The second kappa shape index (κ2) is 5.88. The summed E-state index contributed by atoms with van der Waals surface area (Å²) >= 11 is 0. The van der Waals surface area contributed by atoms with Crippen LogP contribution in [0, 0.1) is 5.92 Å². The molecular weight excluding hydrogens is 248 g/mol. The zero-order valence-electron chi connectivity index (χ0n) is 11.3. The van der Waals surface area contributed by atoms with Crippen LogP contribution in [0.1, 0.15) is 38.5 Å². The van der Waals surface area contributed by atoms with Crippen molar-refractivity contribution in [3.63, 3.8) is 0 Å². The van der Waals surface area contributed by atoms with Crippen molar-refractivity contribution in [3.05, 3.63) is 0 Å². The Balaban J connectivity index is 1.88. The first-order chi connectivity index (χ1) is 8.48. The van der Waals surface area contributed by atoms with E-state index in [1.54, 1.807) is 0 Å². The predicted molar refractivity (Wildman–Crippen MR) is 74.2 cm³/mol. The number of rotatable bonds is 3. The van der Waals surface area contributed by atoms with Gasteiger partial charge in [0.05, 0.1) is 11.5 Å². The molecule has 0 spiro atoms. The van der Waals surface area contributed by atoms with E-state index in [9.17, 15) is 8.42 Å². The third-order valence-corrected chi connectivity index (χ3v) is 6.32. The van der Waals surface area contributed by atoms with Gasteiger partial charge in [-0.3, -0.25) is 0 Å². The smallest absolute Gasteiger partial charge is 0.151 e. The van der Waals surface area contributed by atoms with Gasteiger partial charge in [-0.05, 0) is 32.2 Å². The van der Waals surface area contributed by atoms with E-state index >= 15 is 0 Å². The standard InChI is InChI=1S/C13H26N2O2S/c1-15(12-7-8-18(16,17)10-12)9-11-5-3-2-4-6-13(11)14/h11-13H,2-10,14H2,1H3. The molecule has 5 heteroatoms. The maximum Gasteiger partial charge on any atom is 0.151 e. The molecule has 0 aromatic carbocycles. The molecule has 0 aromatic heterocycles. The van der Waals surface area contributed by atoms with Crippen LogP contribution in [-0.4, -0.2) is 50.5 Å². The number of sulfone groups is 1. The number of hydrogen-bond donors (Lipinski definition) is 1. The molecule has 4 nitrogen and oxygen atoms in total. The molecule has 18 heavy (non-hydrogen) atoms. The van der Waals surface area contributed by atoms with Crippen molar-refractivity contribution in [1.29, 1.82) is 0 Å². The normalized spacial score (nSPS) is 36.7. The summed E-state index contributed by atoms with van der Waals surface area (Å²) in [4.78, 5) is 2.24. The molecule has 0 amide bonds. The first-order valence-corrected chi connectivity index (χ1v) is 8.96. The van der Waals surface area contributed by atoms with Crippen molar-refractivity contribution in [1.82, 2.24) is 4.90 Å². The second-order valence-corrected chi connectivity index (χ2v) is 8.29. The molecule has 2 N–H and O–H groups in total. The van der Waals surface area contributed by atoms with E-state index in [0.29, 0.717) is 23.5 Å². The lowest BCUT2D eigenvalue weighted by atomic mass is 9.94. The van der Waals surface area contributed by atoms with E-state index in [1.165, 1.54) is 25.7 Å². The lowest BCUT2D eigenvalue weighted by molar-refractivity contribution is 0.199. The minimum atomic E-state index is -2.77. The van der Waals surface area contributed by atoms with Crippen LogP contribution in [0.25, 0.3) is 0 Å². The second-order valence-electron chi connectivity index (χ2n) is 6.06. The van der Waals surface area contributed by atoms with Crippen molar-refractivity contribution >= 4 is 9.84 Å². The summed E-state index contributed by atoms with van der Waals surface area (Å²) in [5.41, 5.74) is 6.23. The summed E-state index contributed by atoms with van der Waals surface area (Å²) in [6, 6.07) is 0.512. The molecule has 2 fully saturated rings. The zero-order valence-corrected chi connectivity index (χ0v) is 12.2. The highest BCUT2D eigenvalue weighted by Crippen LogP contribution is 2.25. The minimum absolute atomic E-state index is 0.213. The summed E-state index contributed by atoms with van der Waals surface area (Å²) in [5, 5.41) is 0. The van der Waals surface area contributed by atoms with Crippen LogP contribution in [0.4, 0.5) is 0 Å². The van der Waals surface area contributed by atoms with Gasteiger partial charge >= 0.3 is 0 Å². The van der Waals surface area contributed by atoms with Gasteiger partial charge in [0.2, 0.25) is 0 Å². The van der Waals surface area contributed by atoms with Gasteiger partial charge in [0.25, 0.3) is 0 Å². The molecule has 3 atom stereocenters. The van der Waals surface area contributed by atoms with Gasteiger partial charge in [-0.1, -0.05) is 19.3 Å². The highest BCUT2D eigenvalue weighted by Gasteiger charge is 2.32. The molecule has 1 saturated heterocycles. The Kier molecular flexibility index (Phi) is 4.67. The van der Waals surface area contributed by atoms with Crippen molar-refractivity contribution in [2.75, 3.05) is 25.1 Å². The minimum Gasteiger partial charge on any atom is -0.327 e. The van der Waals surface area contributed by atoms with Crippen LogP contribution in [0.2, 0.25) is 0 Å². The quantitative estimate of drug-likeness (QED) is 0.780. The Hall–Kier alpha value is -0.130. The van der Waals surface area contributed by atoms with E-state index in [4.69, 9.17) is 5.73 Å². The molecule has 1 aliphatic heterocycles. The molecule has 1 heterocycles. The van der Waals surface area contributed by atoms with Crippen LogP contribution >= 0.6 is 0 Å². The van der Waals surface area contributed by atoms with Gasteiger partial charge in [-0.15, -0.1) is 0 Å². The van der Waals surface area contributed by atoms with Crippen LogP contribution in [0.15, 0.2) is 0 Å². The third kappa shape index (κ3) is 3.68. The maximum atomic E-state index is 11.5. The molecule has 3 unspecified atom stereocenters. The van der Waals surface area contributed by atoms with Crippen LogP contribution < -0.4 is 5.73 Å². The molecule has 0 radical (unpaired) electrons. The molecule has 2 aliphatic rings. The number of hydrogen-bond acceptors (Lipinski definition) is 4. The highest BCUT2D eigenvalue weighted by molar-refractivity contribution is 7.91. The van der Waals surface area contributed by atoms with Crippen molar-refractivity contribution in [2.24, 2.45) is 11.7 Å². The lowest BCUT2D eigenvalue weighted by Crippen LogP contribution is -2.42. The Morgan fingerprint density at radius 1 is 1.17 bits per heavy atom. The van der Waals surface area contributed by atoms with E-state index in [0.717, 1.165) is 19.4 Å². The number of nitrogens with two attached hydrogens (primary N) is 1. The zero-order chi connectivity index (χ0) is 13.2. The predicted octanol–water partition coefficient (Wildman–Crippen LogP) is 1.01. The van der Waals surface area contributed by atoms with Crippen LogP contribution in [0.5, 0.6) is 0 Å². The van der Waals surface area contributed by atoms with Gasteiger partial charge in [-0.25, -0.2) is 8.42 Å². The molecule has 0 aromatic rings. The van der Waals surface area contributed by atoms with E-state index in [2.05, 4.69) is 11.9 Å². The average molecular weight is 274 g/mol. The first kappa shape index (κ1) is 14.3. The summed E-state index contributed by atoms with van der Waals surface area (Å²) < 4.78 is 23.0. The van der Waals surface area contributed by atoms with Gasteiger partial charge < -0.3 is 10.6 Å². The van der Waals surface area contributed by atoms with Gasteiger partial charge in [0.15, 0.2) is 9.84 Å². The fourth-order valence-corrected chi connectivity index (χ4v) is 5.09. The summed E-state index contributed by atoms with van der Waals surface area (Å²) in [6.07, 6.45) is 6.94. The first-order valence-electron chi connectivity index (χ1n) is 7.14. The summed E-state index contributed by atoms with van der Waals surface area (Å²) in [7, 11) is -0.716. The molecule has 1 aliphatic carbocycles. The molecule has 0 bridgehead atoms.